The van der Waals surface area contributed by atoms with Gasteiger partial charge in [0.1, 0.15) is 6.17 Å². The fourth-order valence-corrected chi connectivity index (χ4v) is 1.99. The van der Waals surface area contributed by atoms with Gasteiger partial charge < -0.3 is 15.2 Å². The van der Waals surface area contributed by atoms with Crippen LogP contribution in [0.1, 0.15) is 26.7 Å². The Kier molecular flexibility index (Phi) is 2.33. The van der Waals surface area contributed by atoms with E-state index >= 15 is 0 Å². The molecule has 4 heteroatoms. The summed E-state index contributed by atoms with van der Waals surface area (Å²) < 4.78 is 24.5. The molecule has 2 rings (SSSR count). The van der Waals surface area contributed by atoms with Gasteiger partial charge in [-0.25, -0.2) is 4.39 Å². The molecule has 0 aromatic heterocycles. The summed E-state index contributed by atoms with van der Waals surface area (Å²) in [5.41, 5.74) is 5.65. The van der Waals surface area contributed by atoms with Crippen LogP contribution >= 0.6 is 0 Å². The molecule has 82 valence electrons. The summed E-state index contributed by atoms with van der Waals surface area (Å²) in [6.45, 7) is 5.38. The van der Waals surface area contributed by atoms with Crippen molar-refractivity contribution < 1.29 is 13.9 Å². The minimum atomic E-state index is -0.990. The molecule has 0 aromatic rings. The van der Waals surface area contributed by atoms with E-state index < -0.39 is 18.0 Å². The zero-order valence-electron chi connectivity index (χ0n) is 8.75. The fourth-order valence-electron chi connectivity index (χ4n) is 1.99. The number of rotatable bonds is 0. The highest BCUT2D eigenvalue weighted by Gasteiger charge is 2.49. The Balaban J connectivity index is 2.01. The molecule has 0 amide bonds. The second-order valence-corrected chi connectivity index (χ2v) is 5.24. The summed E-state index contributed by atoms with van der Waals surface area (Å²) in [6, 6.07) is -0.434. The molecule has 2 atom stereocenters. The van der Waals surface area contributed by atoms with Crippen molar-refractivity contribution in [2.24, 2.45) is 11.1 Å². The number of nitrogens with two attached hydrogens (primary N) is 1. The minimum absolute atomic E-state index is 0.0315. The third kappa shape index (κ3) is 1.78. The maximum absolute atomic E-state index is 13.3. The second-order valence-electron chi connectivity index (χ2n) is 5.24. The first-order valence-electron chi connectivity index (χ1n) is 5.10. The molecule has 2 fully saturated rings. The highest BCUT2D eigenvalue weighted by Crippen LogP contribution is 2.40. The number of hydrogen-bond donors (Lipinski definition) is 1. The number of alkyl halides is 1. The van der Waals surface area contributed by atoms with Gasteiger partial charge in [0.2, 0.25) is 0 Å². The summed E-state index contributed by atoms with van der Waals surface area (Å²) in [6.07, 6.45) is -0.231. The van der Waals surface area contributed by atoms with Crippen LogP contribution in [-0.4, -0.2) is 31.2 Å². The van der Waals surface area contributed by atoms with Crippen LogP contribution in [0.2, 0.25) is 0 Å². The molecule has 1 spiro atoms. The Morgan fingerprint density at radius 1 is 1.21 bits per heavy atom. The van der Waals surface area contributed by atoms with Crippen LogP contribution < -0.4 is 5.73 Å². The van der Waals surface area contributed by atoms with Gasteiger partial charge in [0, 0.05) is 24.3 Å². The topological polar surface area (TPSA) is 44.5 Å². The molecule has 2 aliphatic rings. The Morgan fingerprint density at radius 3 is 2.21 bits per heavy atom. The van der Waals surface area contributed by atoms with Crippen molar-refractivity contribution in [1.29, 1.82) is 0 Å². The van der Waals surface area contributed by atoms with E-state index in [9.17, 15) is 4.39 Å². The van der Waals surface area contributed by atoms with Crippen LogP contribution in [0.4, 0.5) is 4.39 Å². The van der Waals surface area contributed by atoms with Gasteiger partial charge in [-0.1, -0.05) is 13.8 Å². The van der Waals surface area contributed by atoms with Gasteiger partial charge in [-0.15, -0.1) is 0 Å². The molecule has 0 radical (unpaired) electrons. The SMILES string of the molecule is CC1(C)COC2(CC(N)C(F)C2)OC1. The van der Waals surface area contributed by atoms with E-state index in [1.807, 2.05) is 0 Å². The van der Waals surface area contributed by atoms with Crippen molar-refractivity contribution in [2.75, 3.05) is 13.2 Å². The normalized spacial score (nSPS) is 40.3. The summed E-state index contributed by atoms with van der Waals surface area (Å²) in [4.78, 5) is 0. The predicted octanol–water partition coefficient (Wildman–Crippen LogP) is 1.21. The molecule has 2 N–H and O–H groups in total. The van der Waals surface area contributed by atoms with Crippen molar-refractivity contribution in [1.82, 2.24) is 0 Å². The highest BCUT2D eigenvalue weighted by molar-refractivity contribution is 4.95. The van der Waals surface area contributed by atoms with Crippen LogP contribution in [0.5, 0.6) is 0 Å². The van der Waals surface area contributed by atoms with Gasteiger partial charge in [0.05, 0.1) is 13.2 Å². The first kappa shape index (κ1) is 10.3. The van der Waals surface area contributed by atoms with E-state index in [-0.39, 0.29) is 11.8 Å². The summed E-state index contributed by atoms with van der Waals surface area (Å²) in [7, 11) is 0. The quantitative estimate of drug-likeness (QED) is 0.643. The molecule has 1 heterocycles. The van der Waals surface area contributed by atoms with Crippen molar-refractivity contribution in [3.8, 4) is 0 Å². The van der Waals surface area contributed by atoms with Gasteiger partial charge in [0.25, 0.3) is 0 Å². The summed E-state index contributed by atoms with van der Waals surface area (Å²) >= 11 is 0. The van der Waals surface area contributed by atoms with E-state index in [2.05, 4.69) is 13.8 Å². The van der Waals surface area contributed by atoms with E-state index in [1.54, 1.807) is 0 Å². The molecular weight excluding hydrogens is 185 g/mol. The van der Waals surface area contributed by atoms with Crippen molar-refractivity contribution >= 4 is 0 Å². The lowest BCUT2D eigenvalue weighted by atomic mass is 9.94. The number of halogens is 1. The smallest absolute Gasteiger partial charge is 0.172 e. The van der Waals surface area contributed by atoms with Gasteiger partial charge in [-0.3, -0.25) is 0 Å². The van der Waals surface area contributed by atoms with Crippen molar-refractivity contribution in [2.45, 2.75) is 44.7 Å². The molecule has 2 unspecified atom stereocenters. The molecule has 1 saturated heterocycles. The predicted molar refractivity (Wildman–Crippen MR) is 50.5 cm³/mol. The van der Waals surface area contributed by atoms with Gasteiger partial charge in [0.15, 0.2) is 5.79 Å². The molecule has 0 aromatic carbocycles. The van der Waals surface area contributed by atoms with Crippen LogP contribution in [0, 0.1) is 5.41 Å². The number of ether oxygens (including phenoxy) is 2. The van der Waals surface area contributed by atoms with Crippen LogP contribution in [0.25, 0.3) is 0 Å². The standard InChI is InChI=1S/C10H18FNO2/c1-9(2)5-13-10(14-6-9)3-7(11)8(12)4-10/h7-8H,3-6,12H2,1-2H3. The summed E-state index contributed by atoms with van der Waals surface area (Å²) in [5.74, 6) is -0.728. The Labute approximate surface area is 83.7 Å². The molecule has 1 saturated carbocycles. The van der Waals surface area contributed by atoms with Crippen LogP contribution in [0.3, 0.4) is 0 Å². The van der Waals surface area contributed by atoms with Crippen molar-refractivity contribution in [3.05, 3.63) is 0 Å². The summed E-state index contributed by atoms with van der Waals surface area (Å²) in [5, 5.41) is 0. The third-order valence-corrected chi connectivity index (χ3v) is 2.97. The van der Waals surface area contributed by atoms with E-state index in [1.165, 1.54) is 0 Å². The first-order valence-corrected chi connectivity index (χ1v) is 5.10. The van der Waals surface area contributed by atoms with E-state index in [0.717, 1.165) is 0 Å². The molecule has 0 bridgehead atoms. The lowest BCUT2D eigenvalue weighted by Crippen LogP contribution is -2.46. The lowest BCUT2D eigenvalue weighted by Gasteiger charge is -2.41. The Hall–Kier alpha value is -0.190. The zero-order valence-corrected chi connectivity index (χ0v) is 8.75. The fraction of sp³-hybridized carbons (Fsp3) is 1.00. The van der Waals surface area contributed by atoms with E-state index in [0.29, 0.717) is 19.6 Å². The maximum Gasteiger partial charge on any atom is 0.172 e. The first-order chi connectivity index (χ1) is 6.43. The second kappa shape index (κ2) is 3.15. The average molecular weight is 203 g/mol. The monoisotopic (exact) mass is 203 g/mol. The maximum atomic E-state index is 13.3. The molecule has 3 nitrogen and oxygen atoms in total. The Bertz CT molecular complexity index is 210. The largest absolute Gasteiger partial charge is 0.349 e. The van der Waals surface area contributed by atoms with E-state index in [4.69, 9.17) is 15.2 Å². The lowest BCUT2D eigenvalue weighted by molar-refractivity contribution is -0.296. The molecular formula is C10H18FNO2. The highest BCUT2D eigenvalue weighted by atomic mass is 19.1. The van der Waals surface area contributed by atoms with Crippen LogP contribution in [0.15, 0.2) is 0 Å². The third-order valence-electron chi connectivity index (χ3n) is 2.97. The minimum Gasteiger partial charge on any atom is -0.349 e. The molecule has 1 aliphatic heterocycles. The van der Waals surface area contributed by atoms with Gasteiger partial charge in [-0.05, 0) is 0 Å². The molecule has 14 heavy (non-hydrogen) atoms. The Morgan fingerprint density at radius 2 is 1.79 bits per heavy atom. The van der Waals surface area contributed by atoms with Gasteiger partial charge in [-0.2, -0.15) is 0 Å². The zero-order chi connectivity index (χ0) is 10.4. The number of hydrogen-bond acceptors (Lipinski definition) is 3. The molecule has 1 aliphatic carbocycles. The van der Waals surface area contributed by atoms with Crippen LogP contribution in [-0.2, 0) is 9.47 Å². The van der Waals surface area contributed by atoms with Gasteiger partial charge >= 0.3 is 0 Å². The average Bonchev–Trinajstić information content (AvgIpc) is 2.36. The van der Waals surface area contributed by atoms with Crippen molar-refractivity contribution in [3.63, 3.8) is 0 Å².